The van der Waals surface area contributed by atoms with Crippen molar-refractivity contribution in [1.29, 1.82) is 0 Å². The first-order valence-electron chi connectivity index (χ1n) is 10.8. The van der Waals surface area contributed by atoms with Crippen LogP contribution in [0.4, 0.5) is 0 Å². The van der Waals surface area contributed by atoms with Crippen molar-refractivity contribution in [1.82, 2.24) is 21.3 Å². The number of unbranched alkanes of at least 4 members (excludes halogenated alkanes) is 1. The number of nitrogens with zero attached hydrogens (tertiary/aromatic N) is 1. The number of carbonyl (C=O) groups is 5. The Labute approximate surface area is 191 Å². The average Bonchev–Trinajstić information content (AvgIpc) is 3.19. The summed E-state index contributed by atoms with van der Waals surface area (Å²) in [6, 6.07) is -2.89. The number of amides is 4. The summed E-state index contributed by atoms with van der Waals surface area (Å²) in [6.07, 6.45) is 2.37. The van der Waals surface area contributed by atoms with E-state index in [4.69, 9.17) is 17.2 Å². The Morgan fingerprint density at radius 2 is 1.79 bits per heavy atom. The van der Waals surface area contributed by atoms with Crippen LogP contribution in [-0.2, 0) is 24.0 Å². The van der Waals surface area contributed by atoms with Gasteiger partial charge in [-0.1, -0.05) is 0 Å². The molecule has 33 heavy (non-hydrogen) atoms. The van der Waals surface area contributed by atoms with E-state index < -0.39 is 48.4 Å². The minimum absolute atomic E-state index is 0.0878. The summed E-state index contributed by atoms with van der Waals surface area (Å²) in [6.45, 7) is 0.209. The molecule has 0 radical (unpaired) electrons. The van der Waals surface area contributed by atoms with Gasteiger partial charge in [-0.3, -0.25) is 24.2 Å². The number of hydrogen-bond donors (Lipinski definition) is 8. The lowest BCUT2D eigenvalue weighted by Crippen LogP contribution is -2.53. The molecule has 1 heterocycles. The number of rotatable bonds is 15. The fraction of sp³-hybridized carbons (Fsp3) is 0.684. The zero-order valence-electron chi connectivity index (χ0n) is 18.5. The molecule has 0 bridgehead atoms. The lowest BCUT2D eigenvalue weighted by atomic mass is 10.1. The van der Waals surface area contributed by atoms with Crippen molar-refractivity contribution >= 4 is 35.6 Å². The second-order valence-electron chi connectivity index (χ2n) is 7.63. The Kier molecular flexibility index (Phi) is 12.2. The monoisotopic (exact) mass is 470 g/mol. The Morgan fingerprint density at radius 3 is 2.36 bits per heavy atom. The van der Waals surface area contributed by atoms with E-state index in [0.717, 1.165) is 0 Å². The lowest BCUT2D eigenvalue weighted by molar-refractivity contribution is -0.142. The second-order valence-corrected chi connectivity index (χ2v) is 7.63. The molecule has 14 heteroatoms. The number of carbonyl (C=O) groups excluding carboxylic acids is 4. The molecule has 0 aromatic carbocycles. The first-order valence-corrected chi connectivity index (χ1v) is 10.8. The number of hydrogen-bond acceptors (Lipinski definition) is 7. The van der Waals surface area contributed by atoms with Gasteiger partial charge in [-0.2, -0.15) is 0 Å². The molecular formula is C19H34N8O6. The van der Waals surface area contributed by atoms with Crippen molar-refractivity contribution in [3.8, 4) is 0 Å². The molecule has 0 spiro atoms. The highest BCUT2D eigenvalue weighted by molar-refractivity contribution is 5.94. The number of carboxylic acids is 1. The van der Waals surface area contributed by atoms with Gasteiger partial charge in [0.15, 0.2) is 5.96 Å². The smallest absolute Gasteiger partial charge is 0.326 e. The number of aliphatic imine (C=N–C) groups is 1. The molecule has 1 saturated heterocycles. The van der Waals surface area contributed by atoms with E-state index in [-0.39, 0.29) is 37.7 Å². The van der Waals surface area contributed by atoms with E-state index in [9.17, 15) is 29.1 Å². The van der Waals surface area contributed by atoms with Crippen LogP contribution < -0.4 is 38.5 Å². The number of carboxylic acid groups (broad SMARTS) is 1. The SMILES string of the molecule is NCCCC[C@H](NC(=O)CNC(=O)[C@@H]1CCC(=O)N1)C(=O)N[C@@H](CCCN=C(N)N)C(=O)O. The lowest BCUT2D eigenvalue weighted by Gasteiger charge is -2.22. The Morgan fingerprint density at radius 1 is 1.09 bits per heavy atom. The van der Waals surface area contributed by atoms with Crippen molar-refractivity contribution in [3.63, 3.8) is 0 Å². The standard InChI is InChI=1S/C19H34N8O6/c20-8-2-1-4-11(17(31)27-13(18(32)33)5-3-9-23-19(21)22)26-15(29)10-24-16(30)12-6-7-14(28)25-12/h11-13H,1-10,20H2,(H,24,30)(H,25,28)(H,26,29)(H,27,31)(H,32,33)(H4,21,22,23)/t11-,12-,13-/m0/s1. The molecule has 0 aromatic rings. The maximum atomic E-state index is 12.7. The van der Waals surface area contributed by atoms with Gasteiger partial charge in [0.1, 0.15) is 18.1 Å². The van der Waals surface area contributed by atoms with Crippen LogP contribution in [0, 0.1) is 0 Å². The third-order valence-electron chi connectivity index (χ3n) is 4.89. The Hall–Kier alpha value is -3.42. The van der Waals surface area contributed by atoms with Crippen LogP contribution in [0.15, 0.2) is 4.99 Å². The van der Waals surface area contributed by atoms with Gasteiger partial charge in [0, 0.05) is 13.0 Å². The van der Waals surface area contributed by atoms with Gasteiger partial charge in [0.2, 0.25) is 23.6 Å². The maximum absolute atomic E-state index is 12.7. The summed E-state index contributed by atoms with van der Waals surface area (Å²) in [7, 11) is 0. The van der Waals surface area contributed by atoms with Gasteiger partial charge in [-0.25, -0.2) is 4.79 Å². The number of aliphatic carboxylic acids is 1. The predicted molar refractivity (Wildman–Crippen MR) is 118 cm³/mol. The van der Waals surface area contributed by atoms with Crippen molar-refractivity contribution in [2.45, 2.75) is 63.1 Å². The largest absolute Gasteiger partial charge is 0.480 e. The normalized spacial score (nSPS) is 16.8. The van der Waals surface area contributed by atoms with Crippen molar-refractivity contribution < 1.29 is 29.1 Å². The Bertz CT molecular complexity index is 740. The minimum atomic E-state index is -1.23. The first kappa shape index (κ1) is 27.6. The first-order chi connectivity index (χ1) is 15.6. The molecule has 1 fully saturated rings. The van der Waals surface area contributed by atoms with Crippen LogP contribution in [0.1, 0.15) is 44.9 Å². The number of nitrogens with one attached hydrogen (secondary N) is 4. The minimum Gasteiger partial charge on any atom is -0.480 e. The number of nitrogens with two attached hydrogens (primary N) is 3. The molecular weight excluding hydrogens is 436 g/mol. The fourth-order valence-electron chi connectivity index (χ4n) is 3.14. The van der Waals surface area contributed by atoms with Gasteiger partial charge in [0.05, 0.1) is 6.54 Å². The summed E-state index contributed by atoms with van der Waals surface area (Å²) < 4.78 is 0. The average molecular weight is 471 g/mol. The molecule has 3 atom stereocenters. The molecule has 11 N–H and O–H groups in total. The predicted octanol–water partition coefficient (Wildman–Crippen LogP) is -3.38. The van der Waals surface area contributed by atoms with Crippen LogP contribution in [0.3, 0.4) is 0 Å². The summed E-state index contributed by atoms with van der Waals surface area (Å²) in [5.41, 5.74) is 15.9. The second kappa shape index (κ2) is 14.6. The van der Waals surface area contributed by atoms with Crippen molar-refractivity contribution in [3.05, 3.63) is 0 Å². The zero-order valence-corrected chi connectivity index (χ0v) is 18.5. The molecule has 0 aromatic heterocycles. The van der Waals surface area contributed by atoms with Crippen LogP contribution in [0.2, 0.25) is 0 Å². The highest BCUT2D eigenvalue weighted by Gasteiger charge is 2.29. The highest BCUT2D eigenvalue weighted by atomic mass is 16.4. The molecule has 0 saturated carbocycles. The van der Waals surface area contributed by atoms with Crippen molar-refractivity contribution in [2.75, 3.05) is 19.6 Å². The van der Waals surface area contributed by atoms with Gasteiger partial charge in [-0.15, -0.1) is 0 Å². The van der Waals surface area contributed by atoms with Gasteiger partial charge < -0.3 is 43.6 Å². The van der Waals surface area contributed by atoms with E-state index in [0.29, 0.717) is 32.2 Å². The summed E-state index contributed by atoms with van der Waals surface area (Å²) in [5.74, 6) is -3.36. The van der Waals surface area contributed by atoms with Gasteiger partial charge in [-0.05, 0) is 45.1 Å². The van der Waals surface area contributed by atoms with Crippen molar-refractivity contribution in [2.24, 2.45) is 22.2 Å². The quantitative estimate of drug-likeness (QED) is 0.0674. The third-order valence-corrected chi connectivity index (χ3v) is 4.89. The molecule has 14 nitrogen and oxygen atoms in total. The summed E-state index contributed by atoms with van der Waals surface area (Å²) in [4.78, 5) is 63.5. The molecule has 0 unspecified atom stereocenters. The van der Waals surface area contributed by atoms with E-state index >= 15 is 0 Å². The van der Waals surface area contributed by atoms with Crippen LogP contribution in [0.25, 0.3) is 0 Å². The molecule has 1 aliphatic heterocycles. The maximum Gasteiger partial charge on any atom is 0.326 e. The fourth-order valence-corrected chi connectivity index (χ4v) is 3.14. The van der Waals surface area contributed by atoms with E-state index in [1.807, 2.05) is 0 Å². The molecule has 4 amide bonds. The summed E-state index contributed by atoms with van der Waals surface area (Å²) >= 11 is 0. The molecule has 186 valence electrons. The van der Waals surface area contributed by atoms with E-state index in [1.54, 1.807) is 0 Å². The Balaban J connectivity index is 2.63. The van der Waals surface area contributed by atoms with E-state index in [2.05, 4.69) is 26.3 Å². The third kappa shape index (κ3) is 11.1. The van der Waals surface area contributed by atoms with Gasteiger partial charge >= 0.3 is 5.97 Å². The number of guanidine groups is 1. The summed E-state index contributed by atoms with van der Waals surface area (Å²) in [5, 5.41) is 19.2. The van der Waals surface area contributed by atoms with Crippen LogP contribution >= 0.6 is 0 Å². The van der Waals surface area contributed by atoms with E-state index in [1.165, 1.54) is 0 Å². The zero-order chi connectivity index (χ0) is 24.8. The van der Waals surface area contributed by atoms with Crippen LogP contribution in [0.5, 0.6) is 0 Å². The van der Waals surface area contributed by atoms with Gasteiger partial charge in [0.25, 0.3) is 0 Å². The molecule has 1 rings (SSSR count). The highest BCUT2D eigenvalue weighted by Crippen LogP contribution is 2.06. The van der Waals surface area contributed by atoms with Crippen LogP contribution in [-0.4, -0.2) is 78.4 Å². The molecule has 1 aliphatic rings. The molecule has 0 aliphatic carbocycles. The topological polar surface area (TPSA) is 244 Å².